The highest BCUT2D eigenvalue weighted by Gasteiger charge is 2.28. The first kappa shape index (κ1) is 16.3. The molecule has 23 heavy (non-hydrogen) atoms. The van der Waals surface area contributed by atoms with Gasteiger partial charge in [0, 0.05) is 18.8 Å². The number of sulfonamides is 1. The third kappa shape index (κ3) is 4.03. The monoisotopic (exact) mass is 338 g/mol. The standard InChI is InChI=1S/C16H22N2O4S/c19-16(12-15-4-1-2-10-22-15)17-13-5-7-14(8-6-13)18-9-3-11-23(18,20)21/h5-8,15H,1-4,9-12H2,(H,17,19). The van der Waals surface area contributed by atoms with Crippen molar-refractivity contribution in [2.75, 3.05) is 28.5 Å². The summed E-state index contributed by atoms with van der Waals surface area (Å²) < 4.78 is 30.8. The van der Waals surface area contributed by atoms with Gasteiger partial charge in [0.05, 0.1) is 24.0 Å². The molecule has 1 unspecified atom stereocenters. The molecule has 0 aliphatic carbocycles. The van der Waals surface area contributed by atoms with Gasteiger partial charge in [-0.1, -0.05) is 0 Å². The van der Waals surface area contributed by atoms with Crippen LogP contribution in [-0.4, -0.2) is 39.3 Å². The number of benzene rings is 1. The highest BCUT2D eigenvalue weighted by Crippen LogP contribution is 2.25. The van der Waals surface area contributed by atoms with Gasteiger partial charge in [-0.25, -0.2) is 8.42 Å². The highest BCUT2D eigenvalue weighted by atomic mass is 32.2. The van der Waals surface area contributed by atoms with E-state index in [1.165, 1.54) is 4.31 Å². The van der Waals surface area contributed by atoms with Crippen molar-refractivity contribution < 1.29 is 17.9 Å². The minimum Gasteiger partial charge on any atom is -0.378 e. The van der Waals surface area contributed by atoms with E-state index in [4.69, 9.17) is 4.74 Å². The van der Waals surface area contributed by atoms with Crippen LogP contribution in [0.1, 0.15) is 32.1 Å². The summed E-state index contributed by atoms with van der Waals surface area (Å²) in [6.45, 7) is 1.25. The number of rotatable bonds is 4. The summed E-state index contributed by atoms with van der Waals surface area (Å²) in [6, 6.07) is 6.94. The first-order valence-corrected chi connectivity index (χ1v) is 9.67. The Bertz CT molecular complexity index is 651. The zero-order chi connectivity index (χ0) is 16.3. The van der Waals surface area contributed by atoms with Crippen LogP contribution >= 0.6 is 0 Å². The molecule has 0 saturated carbocycles. The van der Waals surface area contributed by atoms with Gasteiger partial charge in [-0.05, 0) is 49.9 Å². The number of hydrogen-bond donors (Lipinski definition) is 1. The molecular weight excluding hydrogens is 316 g/mol. The molecule has 126 valence electrons. The fraction of sp³-hybridized carbons (Fsp3) is 0.562. The van der Waals surface area contributed by atoms with Crippen LogP contribution in [0.2, 0.25) is 0 Å². The molecule has 1 amide bonds. The van der Waals surface area contributed by atoms with Gasteiger partial charge in [0.15, 0.2) is 0 Å². The van der Waals surface area contributed by atoms with Gasteiger partial charge < -0.3 is 10.1 Å². The molecule has 2 aliphatic heterocycles. The molecule has 6 nitrogen and oxygen atoms in total. The van der Waals surface area contributed by atoms with Gasteiger partial charge in [-0.3, -0.25) is 9.10 Å². The number of nitrogens with one attached hydrogen (secondary N) is 1. The summed E-state index contributed by atoms with van der Waals surface area (Å²) in [7, 11) is -3.17. The topological polar surface area (TPSA) is 75.7 Å². The first-order valence-electron chi connectivity index (χ1n) is 8.06. The van der Waals surface area contributed by atoms with E-state index in [0.29, 0.717) is 30.8 Å². The summed E-state index contributed by atoms with van der Waals surface area (Å²) in [5.41, 5.74) is 1.32. The molecule has 0 radical (unpaired) electrons. The number of hydrogen-bond acceptors (Lipinski definition) is 4. The molecule has 1 N–H and O–H groups in total. The Hall–Kier alpha value is -1.60. The van der Waals surface area contributed by atoms with E-state index in [-0.39, 0.29) is 17.8 Å². The lowest BCUT2D eigenvalue weighted by molar-refractivity contribution is -0.119. The lowest BCUT2D eigenvalue weighted by atomic mass is 10.1. The number of carbonyl (C=O) groups is 1. The summed E-state index contributed by atoms with van der Waals surface area (Å²) in [5, 5.41) is 2.84. The Morgan fingerprint density at radius 3 is 2.61 bits per heavy atom. The van der Waals surface area contributed by atoms with Gasteiger partial charge in [0.2, 0.25) is 15.9 Å². The normalized spacial score (nSPS) is 23.7. The number of nitrogens with zero attached hydrogens (tertiary/aromatic N) is 1. The van der Waals surface area contributed by atoms with Crippen molar-refractivity contribution in [3.8, 4) is 0 Å². The second-order valence-electron chi connectivity index (χ2n) is 6.03. The van der Waals surface area contributed by atoms with E-state index in [0.717, 1.165) is 25.9 Å². The van der Waals surface area contributed by atoms with Crippen molar-refractivity contribution in [2.45, 2.75) is 38.2 Å². The van der Waals surface area contributed by atoms with Crippen LogP contribution in [0.5, 0.6) is 0 Å². The second-order valence-corrected chi connectivity index (χ2v) is 8.04. The molecule has 1 aromatic carbocycles. The number of carbonyl (C=O) groups excluding carboxylic acids is 1. The quantitative estimate of drug-likeness (QED) is 0.912. The maximum absolute atomic E-state index is 12.0. The summed E-state index contributed by atoms with van der Waals surface area (Å²) in [5.74, 6) is 0.130. The Morgan fingerprint density at radius 2 is 2.00 bits per heavy atom. The van der Waals surface area contributed by atoms with Gasteiger partial charge in [0.25, 0.3) is 0 Å². The lowest BCUT2D eigenvalue weighted by Gasteiger charge is -2.22. The molecule has 2 saturated heterocycles. The fourth-order valence-electron chi connectivity index (χ4n) is 3.03. The van der Waals surface area contributed by atoms with Gasteiger partial charge in [-0.2, -0.15) is 0 Å². The van der Waals surface area contributed by atoms with Crippen LogP contribution in [0.4, 0.5) is 11.4 Å². The third-order valence-electron chi connectivity index (χ3n) is 4.23. The van der Waals surface area contributed by atoms with Gasteiger partial charge in [-0.15, -0.1) is 0 Å². The second kappa shape index (κ2) is 6.88. The fourth-order valence-corrected chi connectivity index (χ4v) is 4.59. The molecule has 2 aliphatic rings. The Balaban J connectivity index is 1.58. The maximum Gasteiger partial charge on any atom is 0.235 e. The number of ether oxygens (including phenoxy) is 1. The highest BCUT2D eigenvalue weighted by molar-refractivity contribution is 7.93. The van der Waals surface area contributed by atoms with Gasteiger partial charge >= 0.3 is 0 Å². The van der Waals surface area contributed by atoms with Crippen molar-refractivity contribution in [1.29, 1.82) is 0 Å². The lowest BCUT2D eigenvalue weighted by Crippen LogP contribution is -2.26. The predicted molar refractivity (Wildman–Crippen MR) is 89.0 cm³/mol. The van der Waals surface area contributed by atoms with Crippen LogP contribution in [0.15, 0.2) is 24.3 Å². The Kier molecular flexibility index (Phi) is 4.87. The van der Waals surface area contributed by atoms with E-state index in [2.05, 4.69) is 5.32 Å². The van der Waals surface area contributed by atoms with Crippen molar-refractivity contribution in [3.63, 3.8) is 0 Å². The van der Waals surface area contributed by atoms with Crippen LogP contribution < -0.4 is 9.62 Å². The molecule has 2 heterocycles. The van der Waals surface area contributed by atoms with Crippen LogP contribution in [0.25, 0.3) is 0 Å². The number of anilines is 2. The molecule has 0 spiro atoms. The van der Waals surface area contributed by atoms with Crippen molar-refractivity contribution in [1.82, 2.24) is 0 Å². The van der Waals surface area contributed by atoms with E-state index in [1.807, 2.05) is 0 Å². The summed E-state index contributed by atoms with van der Waals surface area (Å²) >= 11 is 0. The predicted octanol–water partition coefficient (Wildman–Crippen LogP) is 2.12. The van der Waals surface area contributed by atoms with Crippen molar-refractivity contribution >= 4 is 27.3 Å². The average Bonchev–Trinajstić information content (AvgIpc) is 2.88. The molecule has 0 bridgehead atoms. The third-order valence-corrected chi connectivity index (χ3v) is 6.09. The molecule has 3 rings (SSSR count). The van der Waals surface area contributed by atoms with E-state index in [9.17, 15) is 13.2 Å². The summed E-state index contributed by atoms with van der Waals surface area (Å²) in [6.07, 6.45) is 4.14. The van der Waals surface area contributed by atoms with Crippen LogP contribution in [-0.2, 0) is 19.6 Å². The van der Waals surface area contributed by atoms with Crippen LogP contribution in [0, 0.1) is 0 Å². The van der Waals surface area contributed by atoms with E-state index < -0.39 is 10.0 Å². The zero-order valence-electron chi connectivity index (χ0n) is 13.0. The molecule has 2 fully saturated rings. The molecule has 1 atom stereocenters. The van der Waals surface area contributed by atoms with Crippen LogP contribution in [0.3, 0.4) is 0 Å². The minimum atomic E-state index is -3.17. The van der Waals surface area contributed by atoms with Gasteiger partial charge in [0.1, 0.15) is 0 Å². The maximum atomic E-state index is 12.0. The molecular formula is C16H22N2O4S. The Morgan fingerprint density at radius 1 is 1.22 bits per heavy atom. The van der Waals surface area contributed by atoms with Crippen molar-refractivity contribution in [2.24, 2.45) is 0 Å². The SMILES string of the molecule is O=C(CC1CCCCO1)Nc1ccc(N2CCCS2(=O)=O)cc1. The molecule has 1 aromatic rings. The molecule has 7 heteroatoms. The number of amides is 1. The largest absolute Gasteiger partial charge is 0.378 e. The first-order chi connectivity index (χ1) is 11.0. The summed E-state index contributed by atoms with van der Waals surface area (Å²) in [4.78, 5) is 12.0. The minimum absolute atomic E-state index is 0.0118. The van der Waals surface area contributed by atoms with Crippen molar-refractivity contribution in [3.05, 3.63) is 24.3 Å². The average molecular weight is 338 g/mol. The van der Waals surface area contributed by atoms with E-state index in [1.54, 1.807) is 24.3 Å². The Labute approximate surface area is 136 Å². The molecule has 0 aromatic heterocycles. The van der Waals surface area contributed by atoms with E-state index >= 15 is 0 Å². The smallest absolute Gasteiger partial charge is 0.235 e. The zero-order valence-corrected chi connectivity index (χ0v) is 13.8.